The number of amides is 4. The number of hydrogen-bond acceptors (Lipinski definition) is 9. The van der Waals surface area contributed by atoms with Crippen LogP contribution in [0.4, 0.5) is 9.59 Å². The van der Waals surface area contributed by atoms with E-state index in [-0.39, 0.29) is 18.6 Å². The van der Waals surface area contributed by atoms with E-state index in [1.54, 1.807) is 37.0 Å². The number of thiazole rings is 2. The van der Waals surface area contributed by atoms with E-state index in [0.717, 1.165) is 21.1 Å². The summed E-state index contributed by atoms with van der Waals surface area (Å²) in [4.78, 5) is 49.5. The van der Waals surface area contributed by atoms with Gasteiger partial charge >= 0.3 is 12.1 Å². The SMILES string of the molecule is COC(C)[C@H](NC(=O)N(C)Cc1csc(C(C)C)n1)C(=O)NCCC[C@H](Cc1ccccc1)NC(=O)OCc1cncs1. The molecule has 1 unspecified atom stereocenters. The largest absolute Gasteiger partial charge is 0.444 e. The lowest BCUT2D eigenvalue weighted by Gasteiger charge is -2.26. The summed E-state index contributed by atoms with van der Waals surface area (Å²) in [7, 11) is 3.16. The van der Waals surface area contributed by atoms with Gasteiger partial charge in [-0.25, -0.2) is 14.6 Å². The van der Waals surface area contributed by atoms with Crippen molar-refractivity contribution in [3.05, 3.63) is 68.6 Å². The summed E-state index contributed by atoms with van der Waals surface area (Å²) in [5.41, 5.74) is 3.58. The molecule has 3 atom stereocenters. The number of ether oxygens (including phenoxy) is 2. The van der Waals surface area contributed by atoms with Crippen molar-refractivity contribution in [2.75, 3.05) is 20.7 Å². The van der Waals surface area contributed by atoms with Crippen molar-refractivity contribution in [3.63, 3.8) is 0 Å². The standard InChI is InChI=1S/C30H42N6O5S2/c1-20(2)28-33-24(18-42-28)16-36(4)29(38)35-26(21(3)40-5)27(37)32-13-9-12-23(14-22-10-7-6-8-11-22)34-30(39)41-17-25-15-31-19-43-25/h6-8,10-11,15,18-21,23,26H,9,12-14,16-17H2,1-5H3,(H,32,37)(H,34,39)(H,35,38)/t21?,23-,26+/m1/s1. The molecule has 0 radical (unpaired) electrons. The molecule has 2 aromatic heterocycles. The van der Waals surface area contributed by atoms with Crippen LogP contribution in [0.25, 0.3) is 0 Å². The van der Waals surface area contributed by atoms with E-state index in [1.165, 1.54) is 23.3 Å². The quantitative estimate of drug-likeness (QED) is 0.195. The molecule has 0 aliphatic rings. The van der Waals surface area contributed by atoms with Crippen LogP contribution in [0, 0.1) is 0 Å². The monoisotopic (exact) mass is 630 g/mol. The third-order valence-electron chi connectivity index (χ3n) is 6.72. The number of aromatic nitrogens is 2. The van der Waals surface area contributed by atoms with E-state index in [2.05, 4.69) is 39.8 Å². The van der Waals surface area contributed by atoms with Gasteiger partial charge in [0.15, 0.2) is 0 Å². The molecule has 3 aromatic rings. The average Bonchev–Trinajstić information content (AvgIpc) is 3.69. The molecule has 0 aliphatic heterocycles. The van der Waals surface area contributed by atoms with Gasteiger partial charge < -0.3 is 30.3 Å². The molecule has 234 valence electrons. The molecule has 0 saturated heterocycles. The summed E-state index contributed by atoms with van der Waals surface area (Å²) in [5, 5.41) is 11.6. The van der Waals surface area contributed by atoms with E-state index in [9.17, 15) is 14.4 Å². The van der Waals surface area contributed by atoms with Crippen molar-refractivity contribution in [2.45, 2.75) is 77.3 Å². The highest BCUT2D eigenvalue weighted by Crippen LogP contribution is 2.20. The lowest BCUT2D eigenvalue weighted by Crippen LogP contribution is -2.55. The van der Waals surface area contributed by atoms with Gasteiger partial charge in [0.2, 0.25) is 5.91 Å². The molecule has 3 N–H and O–H groups in total. The molecule has 2 heterocycles. The number of nitrogens with one attached hydrogen (secondary N) is 3. The molecule has 3 rings (SSSR count). The molecule has 43 heavy (non-hydrogen) atoms. The third kappa shape index (κ3) is 11.6. The first-order valence-corrected chi connectivity index (χ1v) is 16.0. The predicted octanol–water partition coefficient (Wildman–Crippen LogP) is 4.70. The smallest absolute Gasteiger partial charge is 0.407 e. The molecule has 11 nitrogen and oxygen atoms in total. The van der Waals surface area contributed by atoms with Crippen LogP contribution in [0.15, 0.2) is 47.4 Å². The molecule has 1 aromatic carbocycles. The number of hydrogen-bond donors (Lipinski definition) is 3. The summed E-state index contributed by atoms with van der Waals surface area (Å²) in [5.74, 6) is -0.0238. The van der Waals surface area contributed by atoms with Crippen LogP contribution >= 0.6 is 22.7 Å². The highest BCUT2D eigenvalue weighted by molar-refractivity contribution is 7.09. The number of benzene rings is 1. The molecule has 4 amide bonds. The van der Waals surface area contributed by atoms with Gasteiger partial charge in [-0.2, -0.15) is 0 Å². The molecule has 0 saturated carbocycles. The Morgan fingerprint density at radius 2 is 1.84 bits per heavy atom. The van der Waals surface area contributed by atoms with Gasteiger partial charge in [0, 0.05) is 44.2 Å². The molecule has 13 heteroatoms. The Bertz CT molecular complexity index is 1270. The van der Waals surface area contributed by atoms with Gasteiger partial charge in [0.25, 0.3) is 0 Å². The number of rotatable bonds is 16. The molecule has 0 aliphatic carbocycles. The van der Waals surface area contributed by atoms with Crippen LogP contribution in [0.5, 0.6) is 0 Å². The number of methoxy groups -OCH3 is 1. The van der Waals surface area contributed by atoms with Gasteiger partial charge in [0.1, 0.15) is 12.6 Å². The van der Waals surface area contributed by atoms with Crippen molar-refractivity contribution in [3.8, 4) is 0 Å². The third-order valence-corrected chi connectivity index (χ3v) is 8.66. The summed E-state index contributed by atoms with van der Waals surface area (Å²) >= 11 is 2.99. The summed E-state index contributed by atoms with van der Waals surface area (Å²) in [6.07, 6.45) is 2.44. The van der Waals surface area contributed by atoms with Gasteiger partial charge in [-0.1, -0.05) is 44.2 Å². The van der Waals surface area contributed by atoms with E-state index in [1.807, 2.05) is 35.7 Å². The number of urea groups is 1. The second-order valence-electron chi connectivity index (χ2n) is 10.6. The Balaban J connectivity index is 1.50. The fraction of sp³-hybridized carbons (Fsp3) is 0.500. The zero-order chi connectivity index (χ0) is 31.2. The average molecular weight is 631 g/mol. The second kappa shape index (κ2) is 17.5. The first kappa shape index (κ1) is 33.9. The van der Waals surface area contributed by atoms with Crippen molar-refractivity contribution < 1.29 is 23.9 Å². The predicted molar refractivity (Wildman–Crippen MR) is 168 cm³/mol. The zero-order valence-corrected chi connectivity index (χ0v) is 27.0. The highest BCUT2D eigenvalue weighted by atomic mass is 32.1. The van der Waals surface area contributed by atoms with Crippen LogP contribution in [0.2, 0.25) is 0 Å². The number of carbonyl (C=O) groups is 3. The minimum absolute atomic E-state index is 0.160. The molecule has 0 spiro atoms. The Hall–Kier alpha value is -3.55. The zero-order valence-electron chi connectivity index (χ0n) is 25.4. The Kier molecular flexibility index (Phi) is 13.8. The molecular weight excluding hydrogens is 589 g/mol. The normalized spacial score (nSPS) is 13.2. The Morgan fingerprint density at radius 3 is 2.49 bits per heavy atom. The minimum atomic E-state index is -0.887. The van der Waals surface area contributed by atoms with Crippen molar-refractivity contribution in [1.29, 1.82) is 0 Å². The van der Waals surface area contributed by atoms with Crippen LogP contribution in [0.3, 0.4) is 0 Å². The lowest BCUT2D eigenvalue weighted by atomic mass is 10.0. The van der Waals surface area contributed by atoms with E-state index >= 15 is 0 Å². The number of nitrogens with zero attached hydrogens (tertiary/aromatic N) is 3. The van der Waals surface area contributed by atoms with Crippen LogP contribution < -0.4 is 16.0 Å². The first-order chi connectivity index (χ1) is 20.7. The van der Waals surface area contributed by atoms with E-state index < -0.39 is 24.3 Å². The van der Waals surface area contributed by atoms with Gasteiger partial charge in [-0.3, -0.25) is 9.78 Å². The van der Waals surface area contributed by atoms with Gasteiger partial charge in [-0.05, 0) is 31.7 Å². The Morgan fingerprint density at radius 1 is 1.07 bits per heavy atom. The topological polar surface area (TPSA) is 135 Å². The van der Waals surface area contributed by atoms with Crippen molar-refractivity contribution in [1.82, 2.24) is 30.8 Å². The van der Waals surface area contributed by atoms with Crippen molar-refractivity contribution >= 4 is 40.7 Å². The van der Waals surface area contributed by atoms with Crippen LogP contribution in [-0.2, 0) is 33.8 Å². The van der Waals surface area contributed by atoms with Crippen LogP contribution in [0.1, 0.15) is 60.7 Å². The van der Waals surface area contributed by atoms with Crippen LogP contribution in [-0.4, -0.2) is 71.8 Å². The number of carbonyl (C=O) groups excluding carboxylic acids is 3. The fourth-order valence-electron chi connectivity index (χ4n) is 4.20. The Labute approximate surface area is 261 Å². The summed E-state index contributed by atoms with van der Waals surface area (Å²) in [6.45, 7) is 6.73. The van der Waals surface area contributed by atoms with E-state index in [0.29, 0.717) is 38.3 Å². The molecular formula is C30H42N6O5S2. The lowest BCUT2D eigenvalue weighted by molar-refractivity contribution is -0.125. The maximum Gasteiger partial charge on any atom is 0.407 e. The summed E-state index contributed by atoms with van der Waals surface area (Å²) < 4.78 is 10.8. The summed E-state index contributed by atoms with van der Waals surface area (Å²) in [6, 6.07) is 8.39. The maximum absolute atomic E-state index is 13.1. The molecule has 0 bridgehead atoms. The van der Waals surface area contributed by atoms with Gasteiger partial charge in [0.05, 0.1) is 33.7 Å². The number of alkyl carbamates (subject to hydrolysis) is 1. The maximum atomic E-state index is 13.1. The van der Waals surface area contributed by atoms with Crippen molar-refractivity contribution in [2.24, 2.45) is 0 Å². The molecule has 0 fully saturated rings. The van der Waals surface area contributed by atoms with E-state index in [4.69, 9.17) is 9.47 Å². The van der Waals surface area contributed by atoms with Gasteiger partial charge in [-0.15, -0.1) is 22.7 Å². The second-order valence-corrected chi connectivity index (χ2v) is 12.4. The minimum Gasteiger partial charge on any atom is -0.444 e. The fourth-order valence-corrected chi connectivity index (χ4v) is 5.53. The first-order valence-electron chi connectivity index (χ1n) is 14.3. The highest BCUT2D eigenvalue weighted by Gasteiger charge is 2.28.